The molecule has 1 N–H and O–H groups in total. The maximum atomic E-state index is 9.69. The van der Waals surface area contributed by atoms with Gasteiger partial charge in [0, 0.05) is 5.56 Å². The predicted octanol–water partition coefficient (Wildman–Crippen LogP) is 3.38. The average molecular weight is 267 g/mol. The first-order valence-electron chi connectivity index (χ1n) is 6.62. The van der Waals surface area contributed by atoms with Gasteiger partial charge in [-0.1, -0.05) is 49.4 Å². The third-order valence-corrected chi connectivity index (χ3v) is 3.21. The standard InChI is InChI=1S/C17H17NO2/c1-2-13-7-4-6-10-17(13)20-12-14-8-3-5-9-15(14)16(19)11-18/h3-10,16,19H,2,12H2,1H3. The lowest BCUT2D eigenvalue weighted by Crippen LogP contribution is -2.04. The summed E-state index contributed by atoms with van der Waals surface area (Å²) in [5.41, 5.74) is 2.57. The van der Waals surface area contributed by atoms with Crippen LogP contribution in [0.3, 0.4) is 0 Å². The summed E-state index contributed by atoms with van der Waals surface area (Å²) in [6.45, 7) is 2.42. The van der Waals surface area contributed by atoms with Crippen LogP contribution < -0.4 is 4.74 Å². The molecule has 20 heavy (non-hydrogen) atoms. The highest BCUT2D eigenvalue weighted by molar-refractivity contribution is 5.35. The van der Waals surface area contributed by atoms with Crippen molar-refractivity contribution in [2.45, 2.75) is 26.1 Å². The molecule has 0 radical (unpaired) electrons. The van der Waals surface area contributed by atoms with Gasteiger partial charge in [0.05, 0.1) is 6.07 Å². The van der Waals surface area contributed by atoms with E-state index in [0.717, 1.165) is 23.3 Å². The molecule has 102 valence electrons. The maximum Gasteiger partial charge on any atom is 0.166 e. The highest BCUT2D eigenvalue weighted by atomic mass is 16.5. The number of nitriles is 1. The molecule has 0 heterocycles. The number of aliphatic hydroxyl groups is 1. The van der Waals surface area contributed by atoms with Gasteiger partial charge in [-0.05, 0) is 23.6 Å². The first-order chi connectivity index (χ1) is 9.76. The van der Waals surface area contributed by atoms with E-state index in [1.54, 1.807) is 12.1 Å². The molecule has 0 aliphatic rings. The third kappa shape index (κ3) is 3.17. The van der Waals surface area contributed by atoms with Gasteiger partial charge in [-0.3, -0.25) is 0 Å². The van der Waals surface area contributed by atoms with Gasteiger partial charge in [0.25, 0.3) is 0 Å². The molecule has 3 nitrogen and oxygen atoms in total. The summed E-state index contributed by atoms with van der Waals surface area (Å²) in [5.74, 6) is 0.844. The zero-order chi connectivity index (χ0) is 14.4. The molecule has 0 amide bonds. The first-order valence-corrected chi connectivity index (χ1v) is 6.62. The Kier molecular flexibility index (Phi) is 4.75. The number of hydrogen-bond donors (Lipinski definition) is 1. The van der Waals surface area contributed by atoms with Crippen LogP contribution in [0.2, 0.25) is 0 Å². The first kappa shape index (κ1) is 14.1. The van der Waals surface area contributed by atoms with Crippen molar-refractivity contribution in [3.8, 4) is 11.8 Å². The SMILES string of the molecule is CCc1ccccc1OCc1ccccc1C(O)C#N. The van der Waals surface area contributed by atoms with E-state index < -0.39 is 6.10 Å². The molecule has 2 rings (SSSR count). The lowest BCUT2D eigenvalue weighted by atomic mass is 10.0. The molecule has 0 saturated heterocycles. The van der Waals surface area contributed by atoms with Crippen molar-refractivity contribution in [2.75, 3.05) is 0 Å². The van der Waals surface area contributed by atoms with Crippen molar-refractivity contribution >= 4 is 0 Å². The Morgan fingerprint density at radius 1 is 1.10 bits per heavy atom. The van der Waals surface area contributed by atoms with Crippen LogP contribution in [0.5, 0.6) is 5.75 Å². The number of nitrogens with zero attached hydrogens (tertiary/aromatic N) is 1. The van der Waals surface area contributed by atoms with Crippen molar-refractivity contribution in [1.29, 1.82) is 5.26 Å². The van der Waals surface area contributed by atoms with Crippen molar-refractivity contribution in [1.82, 2.24) is 0 Å². The number of hydrogen-bond acceptors (Lipinski definition) is 3. The monoisotopic (exact) mass is 267 g/mol. The summed E-state index contributed by atoms with van der Waals surface area (Å²) in [4.78, 5) is 0. The van der Waals surface area contributed by atoms with Gasteiger partial charge >= 0.3 is 0 Å². The lowest BCUT2D eigenvalue weighted by molar-refractivity contribution is 0.229. The number of para-hydroxylation sites is 1. The van der Waals surface area contributed by atoms with Crippen LogP contribution >= 0.6 is 0 Å². The fraction of sp³-hybridized carbons (Fsp3) is 0.235. The highest BCUT2D eigenvalue weighted by Gasteiger charge is 2.11. The Morgan fingerprint density at radius 2 is 1.75 bits per heavy atom. The molecule has 0 aliphatic carbocycles. The molecule has 1 atom stereocenters. The summed E-state index contributed by atoms with van der Waals surface area (Å²) in [6, 6.07) is 17.0. The van der Waals surface area contributed by atoms with E-state index in [2.05, 4.69) is 6.92 Å². The van der Waals surface area contributed by atoms with E-state index in [0.29, 0.717) is 12.2 Å². The average Bonchev–Trinajstić information content (AvgIpc) is 2.52. The third-order valence-electron chi connectivity index (χ3n) is 3.21. The molecule has 0 saturated carbocycles. The highest BCUT2D eigenvalue weighted by Crippen LogP contribution is 2.22. The van der Waals surface area contributed by atoms with Gasteiger partial charge in [0.15, 0.2) is 6.10 Å². The lowest BCUT2D eigenvalue weighted by Gasteiger charge is -2.13. The molecule has 0 aliphatic heterocycles. The van der Waals surface area contributed by atoms with Crippen LogP contribution in [0.15, 0.2) is 48.5 Å². The Bertz CT molecular complexity index is 616. The van der Waals surface area contributed by atoms with E-state index in [1.165, 1.54) is 0 Å². The minimum Gasteiger partial charge on any atom is -0.489 e. The summed E-state index contributed by atoms with van der Waals surface area (Å²) in [6.07, 6.45) is -0.213. The Labute approximate surface area is 119 Å². The van der Waals surface area contributed by atoms with E-state index in [-0.39, 0.29) is 0 Å². The van der Waals surface area contributed by atoms with Gasteiger partial charge in [-0.2, -0.15) is 5.26 Å². The summed E-state index contributed by atoms with van der Waals surface area (Å²) < 4.78 is 5.83. The second-order valence-corrected chi connectivity index (χ2v) is 4.48. The fourth-order valence-electron chi connectivity index (χ4n) is 2.09. The molecule has 3 heteroatoms. The number of ether oxygens (including phenoxy) is 1. The number of rotatable bonds is 5. The summed E-state index contributed by atoms with van der Waals surface area (Å²) in [7, 11) is 0. The van der Waals surface area contributed by atoms with Gasteiger partial charge in [0.2, 0.25) is 0 Å². The molecule has 1 unspecified atom stereocenters. The number of aliphatic hydroxyl groups excluding tert-OH is 1. The van der Waals surface area contributed by atoms with Gasteiger partial charge in [-0.25, -0.2) is 0 Å². The molecule has 2 aromatic rings. The maximum absolute atomic E-state index is 9.69. The molecule has 0 spiro atoms. The van der Waals surface area contributed by atoms with Gasteiger partial charge in [-0.15, -0.1) is 0 Å². The molecule has 2 aromatic carbocycles. The quantitative estimate of drug-likeness (QED) is 0.845. The van der Waals surface area contributed by atoms with Crippen LogP contribution in [0.4, 0.5) is 0 Å². The smallest absolute Gasteiger partial charge is 0.166 e. The van der Waals surface area contributed by atoms with E-state index >= 15 is 0 Å². The Balaban J connectivity index is 2.17. The zero-order valence-corrected chi connectivity index (χ0v) is 11.4. The number of benzene rings is 2. The fourth-order valence-corrected chi connectivity index (χ4v) is 2.09. The van der Waals surface area contributed by atoms with E-state index in [1.807, 2.05) is 42.5 Å². The van der Waals surface area contributed by atoms with E-state index in [4.69, 9.17) is 10.00 Å². The van der Waals surface area contributed by atoms with Crippen molar-refractivity contribution in [2.24, 2.45) is 0 Å². The van der Waals surface area contributed by atoms with Crippen LogP contribution in [0.1, 0.15) is 29.7 Å². The minimum absolute atomic E-state index is 0.339. The largest absolute Gasteiger partial charge is 0.489 e. The van der Waals surface area contributed by atoms with Crippen LogP contribution in [0.25, 0.3) is 0 Å². The topological polar surface area (TPSA) is 53.2 Å². The molecular formula is C17H17NO2. The normalized spacial score (nSPS) is 11.7. The molecular weight excluding hydrogens is 250 g/mol. The molecule has 0 bridgehead atoms. The Morgan fingerprint density at radius 3 is 2.45 bits per heavy atom. The summed E-state index contributed by atoms with van der Waals surface area (Å²) >= 11 is 0. The van der Waals surface area contributed by atoms with Gasteiger partial charge in [0.1, 0.15) is 12.4 Å². The van der Waals surface area contributed by atoms with Crippen molar-refractivity contribution in [3.05, 3.63) is 65.2 Å². The number of aryl methyl sites for hydroxylation is 1. The van der Waals surface area contributed by atoms with Crippen LogP contribution in [-0.2, 0) is 13.0 Å². The van der Waals surface area contributed by atoms with Crippen LogP contribution in [0, 0.1) is 11.3 Å². The van der Waals surface area contributed by atoms with Crippen molar-refractivity contribution < 1.29 is 9.84 Å². The van der Waals surface area contributed by atoms with Crippen LogP contribution in [-0.4, -0.2) is 5.11 Å². The molecule has 0 fully saturated rings. The second-order valence-electron chi connectivity index (χ2n) is 4.48. The summed E-state index contributed by atoms with van der Waals surface area (Å²) in [5, 5.41) is 18.5. The predicted molar refractivity (Wildman–Crippen MR) is 77.2 cm³/mol. The Hall–Kier alpha value is -2.31. The minimum atomic E-state index is -1.11. The molecule has 0 aromatic heterocycles. The second kappa shape index (κ2) is 6.74. The van der Waals surface area contributed by atoms with E-state index in [9.17, 15) is 5.11 Å². The van der Waals surface area contributed by atoms with Crippen molar-refractivity contribution in [3.63, 3.8) is 0 Å². The van der Waals surface area contributed by atoms with Gasteiger partial charge < -0.3 is 9.84 Å². The zero-order valence-electron chi connectivity index (χ0n) is 11.4.